The van der Waals surface area contributed by atoms with Crippen molar-refractivity contribution in [3.63, 3.8) is 0 Å². The Kier molecular flexibility index (Phi) is 4.75. The van der Waals surface area contributed by atoms with E-state index >= 15 is 0 Å². The fraction of sp³-hybridized carbons (Fsp3) is 0.333. The van der Waals surface area contributed by atoms with Gasteiger partial charge in [0, 0.05) is 11.6 Å². The van der Waals surface area contributed by atoms with E-state index in [1.54, 1.807) is 6.33 Å². The average Bonchev–Trinajstić information content (AvgIpc) is 2.92. The molecule has 0 saturated carbocycles. The molecule has 0 amide bonds. The van der Waals surface area contributed by atoms with Gasteiger partial charge in [0.05, 0.1) is 6.54 Å². The summed E-state index contributed by atoms with van der Waals surface area (Å²) in [6, 6.07) is 7.86. The SMILES string of the molecule is CC(C)n1ncnc1COc1ccc(C#CCN)cc1. The first-order valence-corrected chi connectivity index (χ1v) is 6.51. The maximum Gasteiger partial charge on any atom is 0.165 e. The van der Waals surface area contributed by atoms with Gasteiger partial charge in [0.1, 0.15) is 18.7 Å². The molecule has 0 radical (unpaired) electrons. The number of aromatic nitrogens is 3. The zero-order valence-electron chi connectivity index (χ0n) is 11.7. The molecule has 104 valence electrons. The van der Waals surface area contributed by atoms with Gasteiger partial charge in [-0.05, 0) is 38.1 Å². The predicted molar refractivity (Wildman–Crippen MR) is 77.1 cm³/mol. The molecule has 1 heterocycles. The largest absolute Gasteiger partial charge is 0.486 e. The summed E-state index contributed by atoms with van der Waals surface area (Å²) < 4.78 is 7.55. The molecule has 2 N–H and O–H groups in total. The van der Waals surface area contributed by atoms with Crippen LogP contribution in [0.25, 0.3) is 0 Å². The van der Waals surface area contributed by atoms with Crippen LogP contribution in [0.2, 0.25) is 0 Å². The van der Waals surface area contributed by atoms with Gasteiger partial charge in [-0.1, -0.05) is 11.8 Å². The van der Waals surface area contributed by atoms with Gasteiger partial charge in [-0.2, -0.15) is 5.10 Å². The Morgan fingerprint density at radius 2 is 2.05 bits per heavy atom. The van der Waals surface area contributed by atoms with Gasteiger partial charge < -0.3 is 10.5 Å². The van der Waals surface area contributed by atoms with Gasteiger partial charge >= 0.3 is 0 Å². The quantitative estimate of drug-likeness (QED) is 0.860. The third-order valence-corrected chi connectivity index (χ3v) is 2.69. The van der Waals surface area contributed by atoms with E-state index in [9.17, 15) is 0 Å². The second-order valence-electron chi connectivity index (χ2n) is 4.53. The predicted octanol–water partition coefficient (Wildman–Crippen LogP) is 1.75. The monoisotopic (exact) mass is 270 g/mol. The summed E-state index contributed by atoms with van der Waals surface area (Å²) in [6.07, 6.45) is 1.55. The average molecular weight is 270 g/mol. The first-order valence-electron chi connectivity index (χ1n) is 6.51. The number of ether oxygens (including phenoxy) is 1. The van der Waals surface area contributed by atoms with E-state index in [1.165, 1.54) is 0 Å². The second-order valence-corrected chi connectivity index (χ2v) is 4.53. The van der Waals surface area contributed by atoms with Crippen LogP contribution in [0.4, 0.5) is 0 Å². The van der Waals surface area contributed by atoms with Crippen LogP contribution in [0, 0.1) is 11.8 Å². The molecule has 2 aromatic rings. The van der Waals surface area contributed by atoms with Crippen molar-refractivity contribution in [1.82, 2.24) is 14.8 Å². The van der Waals surface area contributed by atoms with Crippen LogP contribution in [-0.2, 0) is 6.61 Å². The molecule has 5 heteroatoms. The van der Waals surface area contributed by atoms with Crippen molar-refractivity contribution >= 4 is 0 Å². The number of rotatable bonds is 4. The topological polar surface area (TPSA) is 66.0 Å². The molecular weight excluding hydrogens is 252 g/mol. The first-order chi connectivity index (χ1) is 9.70. The van der Waals surface area contributed by atoms with E-state index < -0.39 is 0 Å². The molecule has 0 bridgehead atoms. The van der Waals surface area contributed by atoms with Crippen molar-refractivity contribution in [3.05, 3.63) is 42.0 Å². The highest BCUT2D eigenvalue weighted by Gasteiger charge is 2.07. The van der Waals surface area contributed by atoms with Crippen LogP contribution in [0.15, 0.2) is 30.6 Å². The van der Waals surface area contributed by atoms with Gasteiger partial charge in [-0.3, -0.25) is 0 Å². The zero-order valence-corrected chi connectivity index (χ0v) is 11.7. The molecular formula is C15H18N4O. The Morgan fingerprint density at radius 1 is 1.30 bits per heavy atom. The lowest BCUT2D eigenvalue weighted by Gasteiger charge is -2.10. The second kappa shape index (κ2) is 6.73. The lowest BCUT2D eigenvalue weighted by Crippen LogP contribution is -2.10. The summed E-state index contributed by atoms with van der Waals surface area (Å²) in [6.45, 7) is 4.88. The lowest BCUT2D eigenvalue weighted by atomic mass is 10.2. The van der Waals surface area contributed by atoms with Gasteiger partial charge in [0.25, 0.3) is 0 Å². The van der Waals surface area contributed by atoms with Crippen LogP contribution in [0.1, 0.15) is 31.3 Å². The summed E-state index contributed by atoms with van der Waals surface area (Å²) in [5, 5.41) is 4.17. The molecule has 20 heavy (non-hydrogen) atoms. The highest BCUT2D eigenvalue weighted by molar-refractivity contribution is 5.38. The number of nitrogens with zero attached hydrogens (tertiary/aromatic N) is 3. The summed E-state index contributed by atoms with van der Waals surface area (Å²) in [7, 11) is 0. The molecule has 0 aliphatic heterocycles. The third kappa shape index (κ3) is 3.59. The Labute approximate surface area is 118 Å². The van der Waals surface area contributed by atoms with Crippen LogP contribution < -0.4 is 10.5 Å². The van der Waals surface area contributed by atoms with E-state index in [-0.39, 0.29) is 6.04 Å². The fourth-order valence-electron chi connectivity index (χ4n) is 1.74. The molecule has 0 unspecified atom stereocenters. The standard InChI is InChI=1S/C15H18N4O/c1-12(2)19-15(17-11-18-19)10-20-14-7-5-13(6-8-14)4-3-9-16/h5-8,11-12H,9-10,16H2,1-2H3. The maximum absolute atomic E-state index is 5.70. The van der Waals surface area contributed by atoms with Crippen molar-refractivity contribution in [2.75, 3.05) is 6.54 Å². The van der Waals surface area contributed by atoms with E-state index in [0.29, 0.717) is 13.2 Å². The number of hydrogen-bond acceptors (Lipinski definition) is 4. The summed E-state index contributed by atoms with van der Waals surface area (Å²) in [5.74, 6) is 7.37. The third-order valence-electron chi connectivity index (χ3n) is 2.69. The highest BCUT2D eigenvalue weighted by Crippen LogP contribution is 2.14. The van der Waals surface area contributed by atoms with Crippen LogP contribution in [-0.4, -0.2) is 21.3 Å². The molecule has 0 fully saturated rings. The molecule has 1 aromatic carbocycles. The van der Waals surface area contributed by atoms with E-state index in [4.69, 9.17) is 10.5 Å². The molecule has 1 aromatic heterocycles. The highest BCUT2D eigenvalue weighted by atomic mass is 16.5. The summed E-state index contributed by atoms with van der Waals surface area (Å²) >= 11 is 0. The van der Waals surface area contributed by atoms with Crippen molar-refractivity contribution in [3.8, 4) is 17.6 Å². The Hall–Kier alpha value is -2.32. The van der Waals surface area contributed by atoms with Crippen LogP contribution in [0.3, 0.4) is 0 Å². The summed E-state index contributed by atoms with van der Waals surface area (Å²) in [5.41, 5.74) is 6.26. The smallest absolute Gasteiger partial charge is 0.165 e. The van der Waals surface area contributed by atoms with Gasteiger partial charge in [-0.25, -0.2) is 9.67 Å². The number of hydrogen-bond donors (Lipinski definition) is 1. The molecule has 0 aliphatic carbocycles. The molecule has 2 rings (SSSR count). The molecule has 5 nitrogen and oxygen atoms in total. The molecule has 0 spiro atoms. The maximum atomic E-state index is 5.70. The van der Waals surface area contributed by atoms with E-state index in [0.717, 1.165) is 17.1 Å². The van der Waals surface area contributed by atoms with Crippen molar-refractivity contribution < 1.29 is 4.74 Å². The Balaban J connectivity index is 1.99. The van der Waals surface area contributed by atoms with E-state index in [2.05, 4.69) is 35.8 Å². The molecule has 0 aliphatic rings. The summed E-state index contributed by atoms with van der Waals surface area (Å²) in [4.78, 5) is 4.20. The van der Waals surface area contributed by atoms with Crippen LogP contribution in [0.5, 0.6) is 5.75 Å². The number of nitrogens with two attached hydrogens (primary N) is 1. The first kappa shape index (κ1) is 14.1. The lowest BCUT2D eigenvalue weighted by molar-refractivity contribution is 0.282. The molecule has 0 atom stereocenters. The van der Waals surface area contributed by atoms with Gasteiger partial charge in [0.15, 0.2) is 5.82 Å². The zero-order chi connectivity index (χ0) is 14.4. The minimum Gasteiger partial charge on any atom is -0.486 e. The minimum atomic E-state index is 0.269. The Bertz CT molecular complexity index is 605. The minimum absolute atomic E-state index is 0.269. The van der Waals surface area contributed by atoms with Crippen molar-refractivity contribution in [2.45, 2.75) is 26.5 Å². The molecule has 0 saturated heterocycles. The number of benzene rings is 1. The van der Waals surface area contributed by atoms with Crippen LogP contribution >= 0.6 is 0 Å². The fourth-order valence-corrected chi connectivity index (χ4v) is 1.74. The van der Waals surface area contributed by atoms with Crippen molar-refractivity contribution in [1.29, 1.82) is 0 Å². The van der Waals surface area contributed by atoms with Gasteiger partial charge in [0.2, 0.25) is 0 Å². The van der Waals surface area contributed by atoms with Gasteiger partial charge in [-0.15, -0.1) is 0 Å². The van der Waals surface area contributed by atoms with E-state index in [1.807, 2.05) is 28.9 Å². The Morgan fingerprint density at radius 3 is 2.70 bits per heavy atom. The van der Waals surface area contributed by atoms with Crippen molar-refractivity contribution in [2.24, 2.45) is 5.73 Å². The normalized spacial score (nSPS) is 10.2.